The van der Waals surface area contributed by atoms with E-state index in [1.165, 1.54) is 4.31 Å². The lowest BCUT2D eigenvalue weighted by atomic mass is 10.3. The Hall–Kier alpha value is -1.89. The minimum atomic E-state index is -3.50. The van der Waals surface area contributed by atoms with Gasteiger partial charge >= 0.3 is 0 Å². The van der Waals surface area contributed by atoms with Crippen molar-refractivity contribution in [1.29, 1.82) is 0 Å². The van der Waals surface area contributed by atoms with Crippen LogP contribution in [-0.4, -0.2) is 70.2 Å². The van der Waals surface area contributed by atoms with Crippen molar-refractivity contribution in [3.63, 3.8) is 0 Å². The maximum absolute atomic E-state index is 12.7. The summed E-state index contributed by atoms with van der Waals surface area (Å²) in [7, 11) is -5.15. The summed E-state index contributed by atoms with van der Waals surface area (Å²) < 4.78 is 26.9. The van der Waals surface area contributed by atoms with Crippen LogP contribution in [0.2, 0.25) is 19.6 Å². The number of hydrogen-bond acceptors (Lipinski definition) is 5. The number of aromatic nitrogens is 1. The molecule has 1 aromatic heterocycles. The Labute approximate surface area is 156 Å². The summed E-state index contributed by atoms with van der Waals surface area (Å²) >= 11 is 0. The van der Waals surface area contributed by atoms with Crippen LogP contribution in [0, 0.1) is 11.5 Å². The fourth-order valence-corrected chi connectivity index (χ4v) is 4.71. The number of rotatable bonds is 6. The van der Waals surface area contributed by atoms with Crippen LogP contribution >= 0.6 is 0 Å². The van der Waals surface area contributed by atoms with Crippen LogP contribution in [0.5, 0.6) is 0 Å². The number of carbonyl (C=O) groups is 1. The van der Waals surface area contributed by atoms with Crippen LogP contribution < -0.4 is 10.2 Å². The van der Waals surface area contributed by atoms with E-state index in [0.29, 0.717) is 32.6 Å². The SMILES string of the molecule is C[Si](C)(C)C#CC(CS(=O)(=O)N1CCN(c2ccccn2)CC1)NC=O. The van der Waals surface area contributed by atoms with Gasteiger partial charge in [0.25, 0.3) is 0 Å². The smallest absolute Gasteiger partial charge is 0.217 e. The third-order valence-corrected chi connectivity index (χ3v) is 6.67. The first kappa shape index (κ1) is 20.4. The Balaban J connectivity index is 2.00. The second-order valence-corrected chi connectivity index (χ2v) is 14.0. The Bertz CT molecular complexity index is 761. The highest BCUT2D eigenvalue weighted by molar-refractivity contribution is 7.89. The number of pyridine rings is 1. The van der Waals surface area contributed by atoms with Crippen molar-refractivity contribution in [3.8, 4) is 11.5 Å². The van der Waals surface area contributed by atoms with Crippen LogP contribution in [0.1, 0.15) is 0 Å². The van der Waals surface area contributed by atoms with Gasteiger partial charge in [-0.1, -0.05) is 31.6 Å². The van der Waals surface area contributed by atoms with Crippen LogP contribution in [0.4, 0.5) is 5.82 Å². The normalized spacial score (nSPS) is 17.1. The van der Waals surface area contributed by atoms with E-state index in [1.54, 1.807) is 6.20 Å². The summed E-state index contributed by atoms with van der Waals surface area (Å²) in [6.07, 6.45) is 2.24. The van der Waals surface area contributed by atoms with Gasteiger partial charge in [-0.05, 0) is 12.1 Å². The number of hydrogen-bond donors (Lipinski definition) is 1. The molecule has 1 unspecified atom stereocenters. The summed E-state index contributed by atoms with van der Waals surface area (Å²) in [5.74, 6) is 3.58. The van der Waals surface area contributed by atoms with E-state index in [2.05, 4.69) is 46.3 Å². The third-order valence-electron chi connectivity index (χ3n) is 3.87. The number of nitrogens with one attached hydrogen (secondary N) is 1. The van der Waals surface area contributed by atoms with Crippen LogP contribution in [0.25, 0.3) is 0 Å². The zero-order valence-corrected chi connectivity index (χ0v) is 17.3. The molecule has 1 aromatic rings. The zero-order chi connectivity index (χ0) is 19.2. The van der Waals surface area contributed by atoms with Gasteiger partial charge in [0.1, 0.15) is 19.9 Å². The number of carbonyl (C=O) groups excluding carboxylic acids is 1. The minimum Gasteiger partial charge on any atom is -0.354 e. The molecule has 1 atom stereocenters. The fraction of sp³-hybridized carbons (Fsp3) is 0.529. The van der Waals surface area contributed by atoms with Gasteiger partial charge in [0, 0.05) is 32.4 Å². The topological polar surface area (TPSA) is 82.6 Å². The lowest BCUT2D eigenvalue weighted by Gasteiger charge is -2.35. The van der Waals surface area contributed by atoms with Crippen LogP contribution in [-0.2, 0) is 14.8 Å². The molecule has 26 heavy (non-hydrogen) atoms. The Morgan fingerprint density at radius 1 is 1.27 bits per heavy atom. The average molecular weight is 395 g/mol. The Kier molecular flexibility index (Phi) is 6.80. The number of piperazine rings is 1. The number of anilines is 1. The summed E-state index contributed by atoms with van der Waals surface area (Å²) in [6.45, 7) is 8.18. The van der Waals surface area contributed by atoms with Gasteiger partial charge in [-0.2, -0.15) is 4.31 Å². The molecule has 1 fully saturated rings. The van der Waals surface area contributed by atoms with Crippen molar-refractivity contribution in [2.45, 2.75) is 25.7 Å². The van der Waals surface area contributed by atoms with Crippen LogP contribution in [0.15, 0.2) is 24.4 Å². The molecule has 1 N–H and O–H groups in total. The van der Waals surface area contributed by atoms with E-state index in [0.717, 1.165) is 5.82 Å². The molecule has 7 nitrogen and oxygen atoms in total. The van der Waals surface area contributed by atoms with Crippen molar-refractivity contribution in [3.05, 3.63) is 24.4 Å². The van der Waals surface area contributed by atoms with Crippen molar-refractivity contribution in [1.82, 2.24) is 14.6 Å². The average Bonchev–Trinajstić information content (AvgIpc) is 2.60. The molecule has 0 aliphatic carbocycles. The molecule has 1 saturated heterocycles. The first-order chi connectivity index (χ1) is 12.2. The van der Waals surface area contributed by atoms with Gasteiger partial charge in [-0.3, -0.25) is 4.79 Å². The van der Waals surface area contributed by atoms with Crippen molar-refractivity contribution in [2.24, 2.45) is 0 Å². The Morgan fingerprint density at radius 3 is 2.50 bits per heavy atom. The van der Waals surface area contributed by atoms with E-state index >= 15 is 0 Å². The molecule has 9 heteroatoms. The van der Waals surface area contributed by atoms with Crippen molar-refractivity contribution >= 4 is 30.3 Å². The molecule has 2 heterocycles. The van der Waals surface area contributed by atoms with Gasteiger partial charge in [-0.25, -0.2) is 13.4 Å². The minimum absolute atomic E-state index is 0.202. The summed E-state index contributed by atoms with van der Waals surface area (Å²) in [4.78, 5) is 17.2. The predicted molar refractivity (Wildman–Crippen MR) is 106 cm³/mol. The summed E-state index contributed by atoms with van der Waals surface area (Å²) in [5, 5.41) is 2.53. The molecule has 0 saturated carbocycles. The summed E-state index contributed by atoms with van der Waals surface area (Å²) in [5.41, 5.74) is 3.13. The molecule has 2 rings (SSSR count). The highest BCUT2D eigenvalue weighted by Crippen LogP contribution is 2.15. The second-order valence-electron chi connectivity index (χ2n) is 7.21. The number of sulfonamides is 1. The van der Waals surface area contributed by atoms with Gasteiger partial charge in [-0.15, -0.1) is 5.54 Å². The molecule has 0 bridgehead atoms. The van der Waals surface area contributed by atoms with Crippen molar-refractivity contribution in [2.75, 3.05) is 36.8 Å². The zero-order valence-electron chi connectivity index (χ0n) is 15.5. The monoisotopic (exact) mass is 394 g/mol. The maximum atomic E-state index is 12.7. The Morgan fingerprint density at radius 2 is 1.96 bits per heavy atom. The molecule has 1 aliphatic heterocycles. The van der Waals surface area contributed by atoms with E-state index < -0.39 is 24.1 Å². The molecule has 0 radical (unpaired) electrons. The molecule has 0 aromatic carbocycles. The highest BCUT2D eigenvalue weighted by atomic mass is 32.2. The largest absolute Gasteiger partial charge is 0.354 e. The number of amides is 1. The lowest BCUT2D eigenvalue weighted by Crippen LogP contribution is -2.51. The molecule has 142 valence electrons. The first-order valence-electron chi connectivity index (χ1n) is 8.57. The molecule has 1 aliphatic rings. The van der Waals surface area contributed by atoms with E-state index in [-0.39, 0.29) is 5.75 Å². The third kappa shape index (κ3) is 6.12. The highest BCUT2D eigenvalue weighted by Gasteiger charge is 2.29. The van der Waals surface area contributed by atoms with Gasteiger partial charge in [0.05, 0.1) is 5.75 Å². The van der Waals surface area contributed by atoms with E-state index in [1.807, 2.05) is 18.2 Å². The number of nitrogens with zero attached hydrogens (tertiary/aromatic N) is 3. The standard InChI is InChI=1S/C17H26N4O3SSi/c1-26(2,3)13-7-16(19-15-22)14-25(23,24)21-11-9-20(10-12-21)17-6-4-5-8-18-17/h4-6,8,15-16H,9-12,14H2,1-3H3,(H,19,22). The molecular weight excluding hydrogens is 368 g/mol. The quantitative estimate of drug-likeness (QED) is 0.432. The fourth-order valence-electron chi connectivity index (χ4n) is 2.57. The summed E-state index contributed by atoms with van der Waals surface area (Å²) in [6, 6.07) is 5.00. The van der Waals surface area contributed by atoms with Gasteiger partial charge in [0.2, 0.25) is 16.4 Å². The van der Waals surface area contributed by atoms with Gasteiger partial charge < -0.3 is 10.2 Å². The van der Waals surface area contributed by atoms with E-state index in [4.69, 9.17) is 0 Å². The van der Waals surface area contributed by atoms with Gasteiger partial charge in [0.15, 0.2) is 0 Å². The molecule has 0 spiro atoms. The molecule has 1 amide bonds. The van der Waals surface area contributed by atoms with Crippen LogP contribution in [0.3, 0.4) is 0 Å². The first-order valence-corrected chi connectivity index (χ1v) is 13.7. The van der Waals surface area contributed by atoms with Crippen molar-refractivity contribution < 1.29 is 13.2 Å². The maximum Gasteiger partial charge on any atom is 0.217 e. The second kappa shape index (κ2) is 8.66. The van der Waals surface area contributed by atoms with E-state index in [9.17, 15) is 13.2 Å². The molecular formula is C17H26N4O3SSi. The predicted octanol–water partition coefficient (Wildman–Crippen LogP) is 0.529. The lowest BCUT2D eigenvalue weighted by molar-refractivity contribution is -0.109.